The van der Waals surface area contributed by atoms with E-state index in [-0.39, 0.29) is 76.3 Å². The van der Waals surface area contributed by atoms with Gasteiger partial charge in [-0.15, -0.1) is 0 Å². The average Bonchev–Trinajstić information content (AvgIpc) is 4.16. The lowest BCUT2D eigenvalue weighted by Crippen LogP contribution is -2.65. The maximum absolute atomic E-state index is 15.1. The molecular formula is C49H57N11O7. The van der Waals surface area contributed by atoms with Crippen LogP contribution in [0.25, 0.3) is 21.8 Å². The van der Waals surface area contributed by atoms with E-state index in [0.29, 0.717) is 36.8 Å². The molecule has 18 heteroatoms. The van der Waals surface area contributed by atoms with E-state index >= 15 is 4.79 Å². The molecule has 3 aromatic carbocycles. The number of nitrogens with zero attached hydrogens (tertiary/aromatic N) is 3. The lowest BCUT2D eigenvalue weighted by atomic mass is 9.91. The minimum atomic E-state index is -1.45. The van der Waals surface area contributed by atoms with Crippen molar-refractivity contribution in [2.75, 3.05) is 13.1 Å². The number of carbonyl (C=O) groups is 6. The van der Waals surface area contributed by atoms with Crippen molar-refractivity contribution in [1.29, 1.82) is 0 Å². The molecule has 0 unspecified atom stereocenters. The van der Waals surface area contributed by atoms with E-state index in [1.807, 2.05) is 48.5 Å². The van der Waals surface area contributed by atoms with Crippen LogP contribution in [0.3, 0.4) is 0 Å². The molecule has 1 spiro atoms. The predicted octanol–water partition coefficient (Wildman–Crippen LogP) is 2.04. The Morgan fingerprint density at radius 1 is 0.701 bits per heavy atom. The number of benzene rings is 3. The van der Waals surface area contributed by atoms with Crippen molar-refractivity contribution in [2.24, 2.45) is 16.5 Å². The van der Waals surface area contributed by atoms with Gasteiger partial charge in [-0.25, -0.2) is 0 Å². The van der Waals surface area contributed by atoms with Gasteiger partial charge >= 0.3 is 0 Å². The van der Waals surface area contributed by atoms with E-state index in [1.165, 1.54) is 15.9 Å². The quantitative estimate of drug-likeness (QED) is 0.0625. The number of fused-ring (bicyclic) bond motifs is 5. The summed E-state index contributed by atoms with van der Waals surface area (Å²) < 4.78 is 0. The number of aromatic nitrogens is 2. The summed E-state index contributed by atoms with van der Waals surface area (Å²) in [6, 6.07) is 14.4. The van der Waals surface area contributed by atoms with Crippen LogP contribution in [0.2, 0.25) is 0 Å². The lowest BCUT2D eigenvalue weighted by molar-refractivity contribution is -0.151. The zero-order chi connectivity index (χ0) is 46.8. The van der Waals surface area contributed by atoms with Gasteiger partial charge in [-0.3, -0.25) is 33.8 Å². The highest BCUT2D eigenvalue weighted by Gasteiger charge is 2.48. The zero-order valence-electron chi connectivity index (χ0n) is 37.2. The predicted molar refractivity (Wildman–Crippen MR) is 250 cm³/mol. The van der Waals surface area contributed by atoms with Crippen molar-refractivity contribution >= 4 is 63.2 Å². The van der Waals surface area contributed by atoms with Gasteiger partial charge in [0.05, 0.1) is 6.54 Å². The van der Waals surface area contributed by atoms with Crippen LogP contribution in [0, 0.1) is 0 Å². The van der Waals surface area contributed by atoms with Crippen LogP contribution in [-0.4, -0.2) is 115 Å². The highest BCUT2D eigenvalue weighted by molar-refractivity contribution is 6.00. The Morgan fingerprint density at radius 3 is 2.01 bits per heavy atom. The van der Waals surface area contributed by atoms with E-state index in [1.54, 1.807) is 24.5 Å². The monoisotopic (exact) mass is 911 g/mol. The van der Waals surface area contributed by atoms with Crippen LogP contribution >= 0.6 is 0 Å². The van der Waals surface area contributed by atoms with Crippen molar-refractivity contribution < 1.29 is 33.9 Å². The van der Waals surface area contributed by atoms with Crippen LogP contribution in [0.5, 0.6) is 5.75 Å². The second-order valence-electron chi connectivity index (χ2n) is 18.3. The number of phenols is 1. The molecule has 9 rings (SSSR count). The summed E-state index contributed by atoms with van der Waals surface area (Å²) in [5.74, 6) is -3.57. The molecule has 6 amide bonds. The molecule has 4 aliphatic rings. The van der Waals surface area contributed by atoms with Gasteiger partial charge in [-0.2, -0.15) is 0 Å². The smallest absolute Gasteiger partial charge is 0.246 e. The van der Waals surface area contributed by atoms with Crippen molar-refractivity contribution in [3.8, 4) is 5.75 Å². The molecule has 5 atom stereocenters. The Balaban J connectivity index is 1.13. The Kier molecular flexibility index (Phi) is 12.6. The van der Waals surface area contributed by atoms with E-state index in [2.05, 4.69) is 36.2 Å². The first-order chi connectivity index (χ1) is 32.4. The fourth-order valence-corrected chi connectivity index (χ4v) is 10.5. The topological polar surface area (TPSA) is 273 Å². The number of para-hydroxylation sites is 2. The lowest BCUT2D eigenvalue weighted by Gasteiger charge is -2.40. The summed E-state index contributed by atoms with van der Waals surface area (Å²) in [4.78, 5) is 103. The molecule has 5 heterocycles. The maximum Gasteiger partial charge on any atom is 0.246 e. The van der Waals surface area contributed by atoms with E-state index < -0.39 is 71.2 Å². The normalized spacial score (nSPS) is 23.7. The number of hydrogen-bond acceptors (Lipinski definition) is 8. The summed E-state index contributed by atoms with van der Waals surface area (Å²) >= 11 is 0. The number of rotatable bonds is 8. The first-order valence-electron chi connectivity index (χ1n) is 23.2. The second kappa shape index (κ2) is 18.9. The number of aromatic amines is 2. The Hall–Kier alpha value is -7.37. The van der Waals surface area contributed by atoms with Gasteiger partial charge in [0.1, 0.15) is 41.5 Å². The van der Waals surface area contributed by atoms with Crippen molar-refractivity contribution in [2.45, 2.75) is 113 Å². The molecule has 350 valence electrons. The van der Waals surface area contributed by atoms with E-state index in [0.717, 1.165) is 32.9 Å². The number of carbonyl (C=O) groups excluding carboxylic acids is 6. The van der Waals surface area contributed by atoms with Gasteiger partial charge in [0, 0.05) is 72.1 Å². The van der Waals surface area contributed by atoms with Crippen molar-refractivity contribution in [1.82, 2.24) is 41.0 Å². The molecule has 1 aliphatic carbocycles. The second-order valence-corrected chi connectivity index (χ2v) is 18.3. The molecule has 18 nitrogen and oxygen atoms in total. The molecule has 5 aromatic rings. The third kappa shape index (κ3) is 9.11. The van der Waals surface area contributed by atoms with Crippen LogP contribution in [0.1, 0.15) is 73.6 Å². The fourth-order valence-electron chi connectivity index (χ4n) is 10.5. The highest BCUT2D eigenvalue weighted by Crippen LogP contribution is 2.34. The molecule has 2 aromatic heterocycles. The zero-order valence-corrected chi connectivity index (χ0v) is 37.2. The van der Waals surface area contributed by atoms with Crippen LogP contribution in [-0.2, 0) is 54.6 Å². The minimum Gasteiger partial charge on any atom is -0.508 e. The summed E-state index contributed by atoms with van der Waals surface area (Å²) in [5.41, 5.74) is 14.1. The molecule has 2 saturated heterocycles. The fraction of sp³-hybridized carbons (Fsp3) is 0.408. The Labute approximate surface area is 386 Å². The average molecular weight is 912 g/mol. The van der Waals surface area contributed by atoms with Gasteiger partial charge in [0.15, 0.2) is 5.96 Å². The van der Waals surface area contributed by atoms with Crippen LogP contribution < -0.4 is 32.7 Å². The largest absolute Gasteiger partial charge is 0.508 e. The number of nitrogens with one attached hydrogen (secondary N) is 6. The number of H-pyrrole nitrogens is 2. The molecule has 11 N–H and O–H groups in total. The first kappa shape index (κ1) is 44.8. The van der Waals surface area contributed by atoms with E-state index in [4.69, 9.17) is 11.5 Å². The van der Waals surface area contributed by atoms with Gasteiger partial charge in [0.2, 0.25) is 35.4 Å². The summed E-state index contributed by atoms with van der Waals surface area (Å²) in [7, 11) is 0. The van der Waals surface area contributed by atoms with Gasteiger partial charge in [-0.05, 0) is 73.4 Å². The van der Waals surface area contributed by atoms with Gasteiger partial charge in [-0.1, -0.05) is 61.4 Å². The number of aliphatic imine (C=N–C) groups is 1. The first-order valence-corrected chi connectivity index (χ1v) is 23.2. The van der Waals surface area contributed by atoms with Crippen LogP contribution in [0.4, 0.5) is 0 Å². The molecule has 3 fully saturated rings. The van der Waals surface area contributed by atoms with Crippen molar-refractivity contribution in [3.05, 3.63) is 101 Å². The third-order valence-corrected chi connectivity index (χ3v) is 14.0. The molecule has 0 bridgehead atoms. The molecule has 1 saturated carbocycles. The molecule has 3 aliphatic heterocycles. The number of phenolic OH excluding ortho intramolecular Hbond substituents is 1. The SMILES string of the molecule is NC(N)=NCCC[C@@H]1NC(=O)[C@H](Cc2c[nH]c3ccccc23)NC(=O)C2(CCCC2)NC(=O)[C@H](Cc2c[nH]c3ccccc23)NC(=O)[C@@H]2Cc3cccc(O)c3CN2C(=O)[C@H]2CCCN2C1=O. The number of nitrogens with two attached hydrogens (primary N) is 2. The number of amides is 6. The standard InChI is InChI=1S/C49H57N11O7/c50-48(51)52-20-8-15-36-45(65)59-21-9-16-39(59)46(66)60-27-33-28(10-7-17-41(33)61)24-40(60)44(64)56-38(23-30-26-54-35-14-4-2-12-32(30)35)43(63)58-49(18-5-6-19-49)47(67)57-37(42(62)55-36)22-29-25-53-34-13-3-1-11-31(29)34/h1-4,7,10-14,17,25-26,36-40,53-54,61H,5-6,8-9,15-16,18-24,27H2,(H,55,62)(H,56,64)(H,57,67)(H,58,63)(H4,50,51,52)/t36-,37-,38-,39+,40-/m0/s1. The molecule has 0 radical (unpaired) electrons. The number of aromatic hydroxyl groups is 1. The van der Waals surface area contributed by atoms with Gasteiger partial charge < -0.3 is 57.6 Å². The third-order valence-electron chi connectivity index (χ3n) is 14.0. The maximum atomic E-state index is 15.1. The summed E-state index contributed by atoms with van der Waals surface area (Å²) in [6.07, 6.45) is 6.58. The minimum absolute atomic E-state index is 0.0248. The molecular weight excluding hydrogens is 855 g/mol. The number of hydrogen-bond donors (Lipinski definition) is 9. The number of guanidine groups is 1. The Bertz CT molecular complexity index is 2750. The Morgan fingerprint density at radius 2 is 1.34 bits per heavy atom. The van der Waals surface area contributed by atoms with E-state index in [9.17, 15) is 29.1 Å². The molecule has 67 heavy (non-hydrogen) atoms. The summed E-state index contributed by atoms with van der Waals surface area (Å²) in [6.45, 7) is 0.234. The summed E-state index contributed by atoms with van der Waals surface area (Å²) in [5, 5.41) is 24.8. The van der Waals surface area contributed by atoms with Crippen molar-refractivity contribution in [3.63, 3.8) is 0 Å². The highest BCUT2D eigenvalue weighted by atomic mass is 16.3. The van der Waals surface area contributed by atoms with Crippen LogP contribution in [0.15, 0.2) is 84.1 Å². The van der Waals surface area contributed by atoms with Gasteiger partial charge in [0.25, 0.3) is 0 Å².